The molecule has 252 valence electrons. The minimum absolute atomic E-state index is 0.0456. The summed E-state index contributed by atoms with van der Waals surface area (Å²) >= 11 is 0. The highest BCUT2D eigenvalue weighted by Crippen LogP contribution is 2.30. The highest BCUT2D eigenvalue weighted by Gasteiger charge is 2.17. The molecule has 0 aliphatic rings. The molecule has 0 bridgehead atoms. The Labute approximate surface area is 264 Å². The van der Waals surface area contributed by atoms with E-state index >= 15 is 0 Å². The van der Waals surface area contributed by atoms with Crippen LogP contribution in [-0.2, 0) is 43.1 Å². The fraction of sp³-hybridized carbons (Fsp3) is 0.531. The van der Waals surface area contributed by atoms with Crippen molar-refractivity contribution >= 4 is 21.9 Å². The molecule has 0 radical (unpaired) electrons. The van der Waals surface area contributed by atoms with Crippen molar-refractivity contribution in [2.24, 2.45) is 0 Å². The molecule has 2 rings (SSSR count). The first-order chi connectivity index (χ1) is 21.7. The first kappa shape index (κ1) is 38.2. The molecular formula is C32H44F2O10S. The Morgan fingerprint density at radius 3 is 1.73 bits per heavy atom. The SMILES string of the molecule is CCCOCCOCCOCCOCCOCCCS(=O)(=O)c1ccc(Oc2c(F)cc(/C=C(\C)C(=O)OCC)cc2F)cc1. The van der Waals surface area contributed by atoms with E-state index in [0.29, 0.717) is 52.9 Å². The van der Waals surface area contributed by atoms with Gasteiger partial charge in [0.25, 0.3) is 0 Å². The predicted molar refractivity (Wildman–Crippen MR) is 164 cm³/mol. The summed E-state index contributed by atoms with van der Waals surface area (Å²) in [5.41, 5.74) is 0.299. The lowest BCUT2D eigenvalue weighted by atomic mass is 10.1. The van der Waals surface area contributed by atoms with Crippen molar-refractivity contribution in [3.05, 3.63) is 59.2 Å². The van der Waals surface area contributed by atoms with Crippen LogP contribution in [0, 0.1) is 11.6 Å². The van der Waals surface area contributed by atoms with Crippen LogP contribution in [0.5, 0.6) is 11.5 Å². The number of hydrogen-bond acceptors (Lipinski definition) is 10. The lowest BCUT2D eigenvalue weighted by Crippen LogP contribution is -2.14. The first-order valence-corrected chi connectivity index (χ1v) is 16.6. The van der Waals surface area contributed by atoms with Gasteiger partial charge in [0, 0.05) is 18.8 Å². The fourth-order valence-electron chi connectivity index (χ4n) is 3.74. The quantitative estimate of drug-likeness (QED) is 0.0827. The maximum absolute atomic E-state index is 14.6. The predicted octanol–water partition coefficient (Wildman–Crippen LogP) is 5.38. The van der Waals surface area contributed by atoms with Gasteiger partial charge in [-0.3, -0.25) is 0 Å². The zero-order valence-corrected chi connectivity index (χ0v) is 27.0. The largest absolute Gasteiger partial charge is 0.463 e. The number of esters is 1. The van der Waals surface area contributed by atoms with Gasteiger partial charge in [0.1, 0.15) is 5.75 Å². The number of carbonyl (C=O) groups excluding carboxylic acids is 1. The van der Waals surface area contributed by atoms with E-state index in [1.807, 2.05) is 0 Å². The highest BCUT2D eigenvalue weighted by molar-refractivity contribution is 7.91. The molecule has 0 aliphatic heterocycles. The molecule has 0 aromatic heterocycles. The van der Waals surface area contributed by atoms with Crippen LogP contribution in [0.15, 0.2) is 46.9 Å². The van der Waals surface area contributed by atoms with Crippen molar-refractivity contribution in [3.8, 4) is 11.5 Å². The molecule has 10 nitrogen and oxygen atoms in total. The van der Waals surface area contributed by atoms with Gasteiger partial charge in [0.05, 0.1) is 70.1 Å². The van der Waals surface area contributed by atoms with Crippen molar-refractivity contribution in [1.82, 2.24) is 0 Å². The van der Waals surface area contributed by atoms with Gasteiger partial charge < -0.3 is 33.2 Å². The summed E-state index contributed by atoms with van der Waals surface area (Å²) < 4.78 is 91.8. The summed E-state index contributed by atoms with van der Waals surface area (Å²) in [6.07, 6.45) is 2.56. The van der Waals surface area contributed by atoms with Crippen LogP contribution >= 0.6 is 0 Å². The topological polar surface area (TPSA) is 116 Å². The summed E-state index contributed by atoms with van der Waals surface area (Å²) in [4.78, 5) is 11.8. The second kappa shape index (κ2) is 21.7. The molecule has 45 heavy (non-hydrogen) atoms. The number of sulfone groups is 1. The zero-order valence-electron chi connectivity index (χ0n) is 26.2. The van der Waals surface area contributed by atoms with Crippen LogP contribution in [0.3, 0.4) is 0 Å². The Morgan fingerprint density at radius 2 is 1.24 bits per heavy atom. The van der Waals surface area contributed by atoms with Gasteiger partial charge >= 0.3 is 5.97 Å². The molecule has 0 unspecified atom stereocenters. The van der Waals surface area contributed by atoms with Crippen molar-refractivity contribution in [3.63, 3.8) is 0 Å². The van der Waals surface area contributed by atoms with Crippen LogP contribution in [-0.4, -0.2) is 92.8 Å². The average molecular weight is 659 g/mol. The van der Waals surface area contributed by atoms with Gasteiger partial charge in [-0.1, -0.05) is 6.92 Å². The molecule has 0 saturated heterocycles. The molecule has 0 heterocycles. The highest BCUT2D eigenvalue weighted by atomic mass is 32.2. The van der Waals surface area contributed by atoms with Crippen molar-refractivity contribution in [1.29, 1.82) is 0 Å². The van der Waals surface area contributed by atoms with Crippen LogP contribution in [0.4, 0.5) is 8.78 Å². The van der Waals surface area contributed by atoms with Crippen molar-refractivity contribution in [2.75, 3.05) is 78.4 Å². The Hall–Kier alpha value is -2.94. The molecule has 0 fully saturated rings. The zero-order chi connectivity index (χ0) is 32.9. The molecule has 2 aromatic rings. The summed E-state index contributed by atoms with van der Waals surface area (Å²) in [6, 6.07) is 7.30. The Bertz CT molecular complexity index is 1260. The molecule has 13 heteroatoms. The standard InChI is InChI=1S/C32H44F2O10S/c1-4-11-38-13-15-40-17-19-42-20-18-41-16-14-39-12-6-21-45(36,37)28-9-7-27(8-10-28)44-31-29(33)23-26(24-30(31)34)22-25(3)32(35)43-5-2/h7-10,22-24H,4-6,11-21H2,1-3H3/b25-22+. The number of rotatable bonds is 24. The molecule has 2 aromatic carbocycles. The maximum Gasteiger partial charge on any atom is 0.333 e. The van der Waals surface area contributed by atoms with Crippen LogP contribution in [0.25, 0.3) is 6.08 Å². The van der Waals surface area contributed by atoms with E-state index in [9.17, 15) is 22.0 Å². The monoisotopic (exact) mass is 658 g/mol. The van der Waals surface area contributed by atoms with E-state index in [2.05, 4.69) is 6.92 Å². The number of benzene rings is 2. The molecule has 0 amide bonds. The summed E-state index contributed by atoms with van der Waals surface area (Å²) in [7, 11) is -3.61. The van der Waals surface area contributed by atoms with Crippen molar-refractivity contribution in [2.45, 2.75) is 38.5 Å². The minimum Gasteiger partial charge on any atom is -0.463 e. The van der Waals surface area contributed by atoms with Gasteiger partial charge in [-0.05, 0) is 74.7 Å². The van der Waals surface area contributed by atoms with E-state index in [1.165, 1.54) is 37.3 Å². The van der Waals surface area contributed by atoms with E-state index in [0.717, 1.165) is 25.2 Å². The van der Waals surface area contributed by atoms with Crippen LogP contribution < -0.4 is 4.74 Å². The lowest BCUT2D eigenvalue weighted by molar-refractivity contribution is -0.138. The summed E-state index contributed by atoms with van der Waals surface area (Å²) in [5.74, 6) is -3.31. The van der Waals surface area contributed by atoms with Gasteiger partial charge in [-0.25, -0.2) is 22.0 Å². The third-order valence-electron chi connectivity index (χ3n) is 5.94. The lowest BCUT2D eigenvalue weighted by Gasteiger charge is -2.10. The summed E-state index contributed by atoms with van der Waals surface area (Å²) in [5, 5.41) is 0. The Morgan fingerprint density at radius 1 is 0.756 bits per heavy atom. The number of halogens is 2. The Kier molecular flexibility index (Phi) is 18.5. The second-order valence-corrected chi connectivity index (χ2v) is 11.8. The van der Waals surface area contributed by atoms with E-state index in [-0.39, 0.29) is 47.2 Å². The first-order valence-electron chi connectivity index (χ1n) is 14.9. The number of hydrogen-bond donors (Lipinski definition) is 0. The van der Waals surface area contributed by atoms with Crippen LogP contribution in [0.2, 0.25) is 0 Å². The van der Waals surface area contributed by atoms with Gasteiger partial charge in [0.2, 0.25) is 0 Å². The third-order valence-corrected chi connectivity index (χ3v) is 7.76. The number of ether oxygens (including phenoxy) is 7. The third kappa shape index (κ3) is 15.3. The number of carbonyl (C=O) groups is 1. The normalized spacial score (nSPS) is 12.0. The van der Waals surface area contributed by atoms with Crippen molar-refractivity contribution < 1.29 is 55.2 Å². The van der Waals surface area contributed by atoms with Gasteiger partial charge in [-0.15, -0.1) is 0 Å². The van der Waals surface area contributed by atoms with Crippen LogP contribution in [0.1, 0.15) is 39.2 Å². The fourth-order valence-corrected chi connectivity index (χ4v) is 5.03. The second-order valence-electron chi connectivity index (χ2n) is 9.67. The minimum atomic E-state index is -3.61. The van der Waals surface area contributed by atoms with E-state index in [1.54, 1.807) is 6.92 Å². The molecule has 0 saturated carbocycles. The maximum atomic E-state index is 14.6. The van der Waals surface area contributed by atoms with E-state index in [4.69, 9.17) is 33.2 Å². The molecule has 0 N–H and O–H groups in total. The van der Waals surface area contributed by atoms with Gasteiger partial charge in [0.15, 0.2) is 27.2 Å². The molecular weight excluding hydrogens is 614 g/mol. The summed E-state index contributed by atoms with van der Waals surface area (Å²) in [6.45, 7) is 9.95. The molecule has 0 spiro atoms. The molecule has 0 aliphatic carbocycles. The Balaban J connectivity index is 1.66. The molecule has 0 atom stereocenters. The smallest absolute Gasteiger partial charge is 0.333 e. The average Bonchev–Trinajstić information content (AvgIpc) is 3.01. The van der Waals surface area contributed by atoms with Gasteiger partial charge in [-0.2, -0.15) is 0 Å². The van der Waals surface area contributed by atoms with E-state index < -0.39 is 33.2 Å².